The summed E-state index contributed by atoms with van der Waals surface area (Å²) in [5.74, 6) is 0.561. The van der Waals surface area contributed by atoms with E-state index in [1.54, 1.807) is 6.07 Å². The maximum Gasteiger partial charge on any atom is 0.252 e. The summed E-state index contributed by atoms with van der Waals surface area (Å²) in [5, 5.41) is 3.51. The van der Waals surface area contributed by atoms with Gasteiger partial charge in [-0.1, -0.05) is 23.7 Å². The van der Waals surface area contributed by atoms with Crippen molar-refractivity contribution in [3.05, 3.63) is 34.3 Å². The van der Waals surface area contributed by atoms with Gasteiger partial charge in [0, 0.05) is 12.4 Å². The van der Waals surface area contributed by atoms with E-state index in [1.165, 1.54) is 0 Å². The van der Waals surface area contributed by atoms with Gasteiger partial charge >= 0.3 is 0 Å². The molecule has 1 saturated carbocycles. The van der Waals surface area contributed by atoms with E-state index >= 15 is 0 Å². The number of halogens is 2. The van der Waals surface area contributed by atoms with Crippen LogP contribution in [0.2, 0.25) is 5.02 Å². The lowest BCUT2D eigenvalue weighted by molar-refractivity contribution is 0.0944. The molecule has 0 atom stereocenters. The van der Waals surface area contributed by atoms with Crippen LogP contribution in [0.1, 0.15) is 35.2 Å². The predicted molar refractivity (Wildman–Crippen MR) is 75.5 cm³/mol. The molecule has 18 heavy (non-hydrogen) atoms. The van der Waals surface area contributed by atoms with E-state index in [9.17, 15) is 4.79 Å². The van der Waals surface area contributed by atoms with E-state index < -0.39 is 0 Å². The highest BCUT2D eigenvalue weighted by atomic mass is 35.5. The molecule has 2 rings (SSSR count). The third-order valence-electron chi connectivity index (χ3n) is 3.64. The van der Waals surface area contributed by atoms with Crippen molar-refractivity contribution in [3.63, 3.8) is 0 Å². The molecule has 1 aliphatic carbocycles. The lowest BCUT2D eigenvalue weighted by Crippen LogP contribution is -2.30. The second kappa shape index (κ2) is 5.50. The van der Waals surface area contributed by atoms with Gasteiger partial charge in [0.15, 0.2) is 0 Å². The first-order chi connectivity index (χ1) is 8.58. The molecule has 1 aromatic rings. The van der Waals surface area contributed by atoms with Crippen molar-refractivity contribution < 1.29 is 4.79 Å². The van der Waals surface area contributed by atoms with Crippen molar-refractivity contribution in [1.29, 1.82) is 0 Å². The average molecular weight is 286 g/mol. The van der Waals surface area contributed by atoms with Gasteiger partial charge in [-0.05, 0) is 43.2 Å². The Balaban J connectivity index is 1.98. The third kappa shape index (κ3) is 2.99. The molecular weight excluding hydrogens is 269 g/mol. The molecule has 0 unspecified atom stereocenters. The number of carbonyl (C=O) groups excluding carboxylic acids is 1. The van der Waals surface area contributed by atoms with Gasteiger partial charge in [0.1, 0.15) is 0 Å². The smallest absolute Gasteiger partial charge is 0.252 e. The molecule has 0 aromatic heterocycles. The molecule has 0 aliphatic heterocycles. The highest BCUT2D eigenvalue weighted by Crippen LogP contribution is 2.48. The fourth-order valence-corrected chi connectivity index (χ4v) is 2.69. The normalized spacial score (nSPS) is 16.4. The van der Waals surface area contributed by atoms with Crippen LogP contribution in [0.4, 0.5) is 0 Å². The molecule has 0 radical (unpaired) electrons. The summed E-state index contributed by atoms with van der Waals surface area (Å²) >= 11 is 11.9. The minimum absolute atomic E-state index is 0.0930. The Bertz CT molecular complexity index is 455. The summed E-state index contributed by atoms with van der Waals surface area (Å²) in [6, 6.07) is 5.50. The topological polar surface area (TPSA) is 29.1 Å². The van der Waals surface area contributed by atoms with Crippen molar-refractivity contribution in [2.45, 2.75) is 26.2 Å². The van der Waals surface area contributed by atoms with Gasteiger partial charge in [-0.15, -0.1) is 11.6 Å². The van der Waals surface area contributed by atoms with Crippen LogP contribution in [-0.2, 0) is 0 Å². The molecule has 0 heterocycles. The number of rotatable bonds is 5. The maximum atomic E-state index is 12.1. The van der Waals surface area contributed by atoms with Crippen LogP contribution in [0.25, 0.3) is 0 Å². The summed E-state index contributed by atoms with van der Waals surface area (Å²) in [7, 11) is 0. The number of aryl methyl sites for hydroxylation is 1. The van der Waals surface area contributed by atoms with Crippen LogP contribution >= 0.6 is 23.2 Å². The Morgan fingerprint density at radius 2 is 2.17 bits per heavy atom. The van der Waals surface area contributed by atoms with Crippen LogP contribution in [0.15, 0.2) is 18.2 Å². The van der Waals surface area contributed by atoms with E-state index in [2.05, 4.69) is 5.32 Å². The molecule has 2 nitrogen and oxygen atoms in total. The number of nitrogens with one attached hydrogen (secondary N) is 1. The van der Waals surface area contributed by atoms with Gasteiger partial charge < -0.3 is 5.32 Å². The van der Waals surface area contributed by atoms with Crippen molar-refractivity contribution >= 4 is 29.1 Å². The Hall–Kier alpha value is -0.730. The fourth-order valence-electron chi connectivity index (χ4n) is 2.08. The van der Waals surface area contributed by atoms with Gasteiger partial charge in [0.25, 0.3) is 5.91 Å². The zero-order chi connectivity index (χ0) is 13.2. The van der Waals surface area contributed by atoms with Crippen LogP contribution in [0, 0.1) is 12.3 Å². The molecule has 1 amide bonds. The highest BCUT2D eigenvalue weighted by Gasteiger charge is 2.41. The van der Waals surface area contributed by atoms with E-state index in [0.717, 1.165) is 24.8 Å². The summed E-state index contributed by atoms with van der Waals surface area (Å²) in [5.41, 5.74) is 1.72. The summed E-state index contributed by atoms with van der Waals surface area (Å²) in [6.07, 6.45) is 3.28. The number of alkyl halides is 1. The van der Waals surface area contributed by atoms with Gasteiger partial charge in [0.05, 0.1) is 10.6 Å². The minimum atomic E-state index is -0.0930. The second-order valence-corrected chi connectivity index (χ2v) is 5.81. The number of benzene rings is 1. The van der Waals surface area contributed by atoms with Crippen LogP contribution in [0.5, 0.6) is 0 Å². The number of amides is 1. The summed E-state index contributed by atoms with van der Waals surface area (Å²) < 4.78 is 0. The minimum Gasteiger partial charge on any atom is -0.351 e. The lowest BCUT2D eigenvalue weighted by atomic mass is 10.0. The number of hydrogen-bond acceptors (Lipinski definition) is 1. The first-order valence-corrected chi connectivity index (χ1v) is 7.08. The monoisotopic (exact) mass is 285 g/mol. The van der Waals surface area contributed by atoms with Gasteiger partial charge in [0.2, 0.25) is 0 Å². The second-order valence-electron chi connectivity index (χ2n) is 5.06. The van der Waals surface area contributed by atoms with E-state index in [0.29, 0.717) is 23.0 Å². The Labute approximate surface area is 118 Å². The Morgan fingerprint density at radius 3 is 2.78 bits per heavy atom. The molecule has 0 bridgehead atoms. The van der Waals surface area contributed by atoms with Crippen LogP contribution in [-0.4, -0.2) is 18.3 Å². The maximum absolute atomic E-state index is 12.1. The first-order valence-electron chi connectivity index (χ1n) is 6.17. The molecule has 1 aromatic carbocycles. The van der Waals surface area contributed by atoms with Crippen molar-refractivity contribution in [2.24, 2.45) is 5.41 Å². The highest BCUT2D eigenvalue weighted by molar-refractivity contribution is 6.34. The van der Waals surface area contributed by atoms with E-state index in [1.807, 2.05) is 19.1 Å². The average Bonchev–Trinajstić information content (AvgIpc) is 3.11. The van der Waals surface area contributed by atoms with Gasteiger partial charge in [-0.25, -0.2) is 0 Å². The third-order valence-corrected chi connectivity index (χ3v) is 4.33. The largest absolute Gasteiger partial charge is 0.351 e. The predicted octanol–water partition coefficient (Wildman–Crippen LogP) is 3.79. The SMILES string of the molecule is Cc1cccc(C(=O)NCC2(CCCl)CC2)c1Cl. The zero-order valence-corrected chi connectivity index (χ0v) is 11.9. The summed E-state index contributed by atoms with van der Waals surface area (Å²) in [6.45, 7) is 2.60. The molecule has 98 valence electrons. The number of hydrogen-bond donors (Lipinski definition) is 1. The molecular formula is C14H17Cl2NO. The van der Waals surface area contributed by atoms with Crippen LogP contribution < -0.4 is 5.32 Å². The van der Waals surface area contributed by atoms with Gasteiger partial charge in [-0.2, -0.15) is 0 Å². The molecule has 0 saturated heterocycles. The lowest BCUT2D eigenvalue weighted by Gasteiger charge is -2.15. The quantitative estimate of drug-likeness (QED) is 0.820. The Morgan fingerprint density at radius 1 is 1.44 bits per heavy atom. The zero-order valence-electron chi connectivity index (χ0n) is 10.4. The fraction of sp³-hybridized carbons (Fsp3) is 0.500. The standard InChI is InChI=1S/C14H17Cl2NO/c1-10-3-2-4-11(12(10)16)13(18)17-9-14(5-6-14)7-8-15/h2-4H,5-9H2,1H3,(H,17,18). The Kier molecular flexibility index (Phi) is 4.18. The van der Waals surface area contributed by atoms with Crippen molar-refractivity contribution in [1.82, 2.24) is 5.32 Å². The molecule has 1 aliphatic rings. The first kappa shape index (κ1) is 13.7. The molecule has 1 N–H and O–H groups in total. The van der Waals surface area contributed by atoms with E-state index in [-0.39, 0.29) is 11.3 Å². The molecule has 1 fully saturated rings. The molecule has 4 heteroatoms. The van der Waals surface area contributed by atoms with Gasteiger partial charge in [-0.3, -0.25) is 4.79 Å². The van der Waals surface area contributed by atoms with Crippen molar-refractivity contribution in [3.8, 4) is 0 Å². The van der Waals surface area contributed by atoms with Crippen LogP contribution in [0.3, 0.4) is 0 Å². The number of carbonyl (C=O) groups is 1. The van der Waals surface area contributed by atoms with E-state index in [4.69, 9.17) is 23.2 Å². The molecule has 0 spiro atoms. The summed E-state index contributed by atoms with van der Waals surface area (Å²) in [4.78, 5) is 12.1. The van der Waals surface area contributed by atoms with Crippen molar-refractivity contribution in [2.75, 3.05) is 12.4 Å².